The van der Waals surface area contributed by atoms with E-state index in [2.05, 4.69) is 15.6 Å². The first kappa shape index (κ1) is 24.8. The smallest absolute Gasteiger partial charge is 0.243 e. The van der Waals surface area contributed by atoms with Crippen molar-refractivity contribution in [2.75, 3.05) is 13.1 Å². The van der Waals surface area contributed by atoms with Crippen LogP contribution in [0, 0.1) is 17.7 Å². The third-order valence-electron chi connectivity index (χ3n) is 5.64. The van der Waals surface area contributed by atoms with E-state index in [1.807, 2.05) is 19.9 Å². The number of benzene rings is 1. The van der Waals surface area contributed by atoms with Gasteiger partial charge < -0.3 is 10.6 Å². The first-order valence-corrected chi connectivity index (χ1v) is 12.3. The average molecular weight is 477 g/mol. The van der Waals surface area contributed by atoms with Gasteiger partial charge in [0.1, 0.15) is 11.9 Å². The van der Waals surface area contributed by atoms with Crippen molar-refractivity contribution in [3.8, 4) is 0 Å². The number of rotatable bonds is 8. The van der Waals surface area contributed by atoms with Crippen LogP contribution in [0.15, 0.2) is 53.7 Å². The number of carbonyl (C=O) groups is 2. The van der Waals surface area contributed by atoms with Gasteiger partial charge in [0.2, 0.25) is 21.8 Å². The van der Waals surface area contributed by atoms with Crippen molar-refractivity contribution in [3.63, 3.8) is 0 Å². The molecule has 0 saturated carbocycles. The Bertz CT molecular complexity index is 1060. The fraction of sp³-hybridized carbons (Fsp3) is 0.435. The van der Waals surface area contributed by atoms with Gasteiger partial charge >= 0.3 is 0 Å². The quantitative estimate of drug-likeness (QED) is 0.607. The van der Waals surface area contributed by atoms with E-state index in [1.54, 1.807) is 18.5 Å². The summed E-state index contributed by atoms with van der Waals surface area (Å²) >= 11 is 0. The maximum Gasteiger partial charge on any atom is 0.243 e. The summed E-state index contributed by atoms with van der Waals surface area (Å²) in [5.41, 5.74) is 0.841. The van der Waals surface area contributed by atoms with E-state index in [9.17, 15) is 22.4 Å². The van der Waals surface area contributed by atoms with Crippen LogP contribution in [0.5, 0.6) is 0 Å². The SMILES string of the molecule is CC(C)[C@@H](NC(=O)C1CCCN(S(=O)(=O)c2ccc(F)cc2)C1)C(=O)NCc1cccnc1. The highest BCUT2D eigenvalue weighted by molar-refractivity contribution is 7.89. The summed E-state index contributed by atoms with van der Waals surface area (Å²) in [6.45, 7) is 4.25. The maximum absolute atomic E-state index is 13.2. The molecule has 1 aliphatic rings. The number of sulfonamides is 1. The number of hydrogen-bond acceptors (Lipinski definition) is 5. The molecule has 1 aromatic heterocycles. The Hall–Kier alpha value is -2.85. The lowest BCUT2D eigenvalue weighted by atomic mass is 9.96. The number of nitrogens with one attached hydrogen (secondary N) is 2. The molecule has 33 heavy (non-hydrogen) atoms. The molecule has 10 heteroatoms. The minimum atomic E-state index is -3.84. The topological polar surface area (TPSA) is 108 Å². The zero-order valence-electron chi connectivity index (χ0n) is 18.7. The van der Waals surface area contributed by atoms with Gasteiger partial charge in [-0.1, -0.05) is 19.9 Å². The van der Waals surface area contributed by atoms with Crippen LogP contribution in [-0.4, -0.2) is 48.7 Å². The minimum Gasteiger partial charge on any atom is -0.350 e. The Morgan fingerprint density at radius 2 is 1.94 bits per heavy atom. The van der Waals surface area contributed by atoms with Crippen molar-refractivity contribution >= 4 is 21.8 Å². The fourth-order valence-corrected chi connectivity index (χ4v) is 5.26. The van der Waals surface area contributed by atoms with Crippen LogP contribution >= 0.6 is 0 Å². The minimum absolute atomic E-state index is 0.00760. The Kier molecular flexibility index (Phi) is 8.15. The predicted molar refractivity (Wildman–Crippen MR) is 121 cm³/mol. The summed E-state index contributed by atoms with van der Waals surface area (Å²) in [7, 11) is -3.84. The fourth-order valence-electron chi connectivity index (χ4n) is 3.74. The molecule has 1 aliphatic heterocycles. The molecule has 2 amide bonds. The van der Waals surface area contributed by atoms with Crippen LogP contribution in [0.3, 0.4) is 0 Å². The maximum atomic E-state index is 13.2. The molecule has 1 fully saturated rings. The number of hydrogen-bond donors (Lipinski definition) is 2. The molecule has 0 spiro atoms. The molecule has 8 nitrogen and oxygen atoms in total. The van der Waals surface area contributed by atoms with Crippen molar-refractivity contribution in [1.29, 1.82) is 0 Å². The molecule has 2 aromatic rings. The van der Waals surface area contributed by atoms with Gasteiger partial charge in [-0.15, -0.1) is 0 Å². The van der Waals surface area contributed by atoms with Gasteiger partial charge in [0.15, 0.2) is 0 Å². The third kappa shape index (κ3) is 6.35. The lowest BCUT2D eigenvalue weighted by molar-refractivity contribution is -0.132. The van der Waals surface area contributed by atoms with E-state index < -0.39 is 27.8 Å². The number of amides is 2. The molecule has 2 atom stereocenters. The molecule has 1 saturated heterocycles. The second-order valence-corrected chi connectivity index (χ2v) is 10.4. The molecule has 2 heterocycles. The lowest BCUT2D eigenvalue weighted by Crippen LogP contribution is -2.53. The molecule has 3 rings (SSSR count). The molecule has 2 N–H and O–H groups in total. The van der Waals surface area contributed by atoms with Gasteiger partial charge in [0, 0.05) is 32.0 Å². The first-order chi connectivity index (χ1) is 15.7. The molecule has 0 bridgehead atoms. The van der Waals surface area contributed by atoms with Crippen molar-refractivity contribution in [2.45, 2.75) is 44.2 Å². The summed E-state index contributed by atoms with van der Waals surface area (Å²) in [4.78, 5) is 29.7. The molecule has 178 valence electrons. The highest BCUT2D eigenvalue weighted by atomic mass is 32.2. The Morgan fingerprint density at radius 1 is 1.21 bits per heavy atom. The summed E-state index contributed by atoms with van der Waals surface area (Å²) in [5.74, 6) is -1.93. The van der Waals surface area contributed by atoms with Crippen molar-refractivity contribution in [3.05, 3.63) is 60.2 Å². The van der Waals surface area contributed by atoms with Gasteiger partial charge in [-0.3, -0.25) is 14.6 Å². The van der Waals surface area contributed by atoms with Crippen molar-refractivity contribution in [2.24, 2.45) is 11.8 Å². The van der Waals surface area contributed by atoms with E-state index in [-0.39, 0.29) is 35.7 Å². The molecule has 1 aromatic carbocycles. The van der Waals surface area contributed by atoms with Crippen molar-refractivity contribution < 1.29 is 22.4 Å². The largest absolute Gasteiger partial charge is 0.350 e. The van der Waals surface area contributed by atoms with Crippen LogP contribution in [0.2, 0.25) is 0 Å². The van der Waals surface area contributed by atoms with E-state index in [0.717, 1.165) is 17.7 Å². The Morgan fingerprint density at radius 3 is 2.58 bits per heavy atom. The van der Waals surface area contributed by atoms with Gasteiger partial charge in [0.25, 0.3) is 0 Å². The summed E-state index contributed by atoms with van der Waals surface area (Å²) < 4.78 is 40.3. The zero-order valence-corrected chi connectivity index (χ0v) is 19.5. The normalized spacial score (nSPS) is 18.0. The Balaban J connectivity index is 1.63. The number of nitrogens with zero attached hydrogens (tertiary/aromatic N) is 2. The predicted octanol–water partition coefficient (Wildman–Crippen LogP) is 2.08. The van der Waals surface area contributed by atoms with Gasteiger partial charge in [-0.2, -0.15) is 4.31 Å². The number of pyridine rings is 1. The number of halogens is 1. The lowest BCUT2D eigenvalue weighted by Gasteiger charge is -2.32. The molecular formula is C23H29FN4O4S. The van der Waals surface area contributed by atoms with Gasteiger partial charge in [0.05, 0.1) is 10.8 Å². The highest BCUT2D eigenvalue weighted by Crippen LogP contribution is 2.24. The van der Waals surface area contributed by atoms with Crippen LogP contribution in [0.4, 0.5) is 4.39 Å². The average Bonchev–Trinajstić information content (AvgIpc) is 2.81. The summed E-state index contributed by atoms with van der Waals surface area (Å²) in [5, 5.41) is 5.62. The number of piperidine rings is 1. The van der Waals surface area contributed by atoms with Gasteiger partial charge in [-0.05, 0) is 54.7 Å². The van der Waals surface area contributed by atoms with Crippen LogP contribution in [0.1, 0.15) is 32.3 Å². The highest BCUT2D eigenvalue weighted by Gasteiger charge is 2.35. The van der Waals surface area contributed by atoms with Crippen molar-refractivity contribution in [1.82, 2.24) is 19.9 Å². The van der Waals surface area contributed by atoms with E-state index in [0.29, 0.717) is 19.4 Å². The number of carbonyl (C=O) groups excluding carboxylic acids is 2. The second kappa shape index (κ2) is 10.8. The second-order valence-electron chi connectivity index (χ2n) is 8.47. The molecule has 0 radical (unpaired) electrons. The molecule has 1 unspecified atom stereocenters. The van der Waals surface area contributed by atoms with Crippen LogP contribution in [0.25, 0.3) is 0 Å². The molecular weight excluding hydrogens is 447 g/mol. The van der Waals surface area contributed by atoms with Crippen LogP contribution < -0.4 is 10.6 Å². The molecule has 0 aliphatic carbocycles. The summed E-state index contributed by atoms with van der Waals surface area (Å²) in [6.07, 6.45) is 4.33. The monoisotopic (exact) mass is 476 g/mol. The van der Waals surface area contributed by atoms with E-state index in [4.69, 9.17) is 0 Å². The van der Waals surface area contributed by atoms with Gasteiger partial charge in [-0.25, -0.2) is 12.8 Å². The Labute approximate surface area is 193 Å². The third-order valence-corrected chi connectivity index (χ3v) is 7.52. The standard InChI is InChI=1S/C23H29FN4O4S/c1-16(2)21(23(30)26-14-17-5-3-11-25-13-17)27-22(29)18-6-4-12-28(15-18)33(31,32)20-9-7-19(24)8-10-20/h3,5,7-11,13,16,18,21H,4,6,12,14-15H2,1-2H3,(H,26,30)(H,27,29)/t18?,21-/m1/s1. The first-order valence-electron chi connectivity index (χ1n) is 10.9. The number of aromatic nitrogens is 1. The zero-order chi connectivity index (χ0) is 24.0. The summed E-state index contributed by atoms with van der Waals surface area (Å²) in [6, 6.07) is 7.49. The van der Waals surface area contributed by atoms with Crippen LogP contribution in [-0.2, 0) is 26.2 Å². The van der Waals surface area contributed by atoms with E-state index >= 15 is 0 Å². The van der Waals surface area contributed by atoms with E-state index in [1.165, 1.54) is 16.4 Å².